The van der Waals surface area contributed by atoms with Gasteiger partial charge >= 0.3 is 0 Å². The van der Waals surface area contributed by atoms with Gasteiger partial charge in [0.15, 0.2) is 0 Å². The van der Waals surface area contributed by atoms with Crippen molar-refractivity contribution in [2.24, 2.45) is 0 Å². The van der Waals surface area contributed by atoms with Crippen LogP contribution in [0.25, 0.3) is 0 Å². The van der Waals surface area contributed by atoms with Crippen molar-refractivity contribution < 1.29 is 311 Å². The Hall–Kier alpha value is 4.47. The third-order valence-electron chi connectivity index (χ3n) is 0. The Morgan fingerprint density at radius 3 is 0.0882 bits per heavy atom. The van der Waals surface area contributed by atoms with E-state index in [4.69, 9.17) is 0 Å². The molecule has 0 unspecified atom stereocenters. The van der Waals surface area contributed by atoms with Crippen LogP contribution in [0.2, 0.25) is 0 Å². The Balaban J connectivity index is 0. The molecule has 0 bridgehead atoms. The van der Waals surface area contributed by atoms with Gasteiger partial charge < -0.3 is 142 Å². The first-order valence-corrected chi connectivity index (χ1v) is 0. The number of hydrogen-bond acceptors (Lipinski definition) is 0. The Morgan fingerprint density at radius 1 is 0.0882 bits per heavy atom. The van der Waals surface area contributed by atoms with Gasteiger partial charge in [-0.25, -0.2) is 0 Å². The molecule has 26 nitrogen and oxygen atoms in total. The second-order valence-electron chi connectivity index (χ2n) is 0. The molecule has 34 heavy (non-hydrogen) atoms. The molecule has 0 rings (SSSR count). The molecule has 0 spiro atoms. The molecule has 0 aromatic rings. The van der Waals surface area contributed by atoms with Crippen molar-refractivity contribution in [3.8, 4) is 0 Å². The maximum Gasteiger partial charge on any atom is 0 e. The summed E-state index contributed by atoms with van der Waals surface area (Å²) in [5.74, 6) is 0. The predicted octanol–water partition coefficient (Wildman–Crippen LogP) is -21.9. The Kier molecular flexibility index (Phi) is 199000. The van der Waals surface area contributed by atoms with E-state index in [1.807, 2.05) is 0 Å². The minimum absolute atomic E-state index is 0. The molecular formula is H56Mo8O26+4. The van der Waals surface area contributed by atoms with Crippen molar-refractivity contribution in [2.75, 3.05) is 0 Å². The summed E-state index contributed by atoms with van der Waals surface area (Å²) in [6.07, 6.45) is 0. The first-order chi connectivity index (χ1) is 0. The molecule has 256 valence electrons. The van der Waals surface area contributed by atoms with E-state index in [1.54, 1.807) is 0 Å². The summed E-state index contributed by atoms with van der Waals surface area (Å²) in [6, 6.07) is 0. The van der Waals surface area contributed by atoms with Crippen LogP contribution in [0.15, 0.2) is 0 Å². The van der Waals surface area contributed by atoms with Gasteiger partial charge in [-0.15, -0.1) is 0 Å². The Bertz CT molecular complexity index is 26.8. The van der Waals surface area contributed by atoms with Gasteiger partial charge in [-0.2, -0.15) is 0 Å². The third kappa shape index (κ3) is 2300. The molecule has 34 heteroatoms. The summed E-state index contributed by atoms with van der Waals surface area (Å²) in [4.78, 5) is 0. The van der Waals surface area contributed by atoms with Crippen molar-refractivity contribution in [3.05, 3.63) is 0 Å². The molecule has 0 heterocycles. The van der Waals surface area contributed by atoms with Gasteiger partial charge in [0.25, 0.3) is 0 Å². The first-order valence-electron chi connectivity index (χ1n) is 0. The maximum atomic E-state index is 0. The fraction of sp³-hybridized carbons (Fsp3) is 0. The van der Waals surface area contributed by atoms with Crippen LogP contribution in [0.4, 0.5) is 0 Å². The van der Waals surface area contributed by atoms with Crippen LogP contribution in [0.5, 0.6) is 0 Å². The minimum Gasteiger partial charge on any atom is -0.457 e. The summed E-state index contributed by atoms with van der Waals surface area (Å²) in [5.41, 5.74) is 0. The molecule has 0 aliphatic carbocycles. The summed E-state index contributed by atoms with van der Waals surface area (Å²) in [6.45, 7) is 0. The van der Waals surface area contributed by atoms with Crippen LogP contribution < -0.4 is 0 Å². The van der Waals surface area contributed by atoms with Crippen molar-refractivity contribution in [1.29, 1.82) is 0 Å². The first kappa shape index (κ1) is 2710. The van der Waals surface area contributed by atoms with Crippen LogP contribution in [-0.4, -0.2) is 120 Å². The number of hydrogen-bond donors (Lipinski definition) is 0. The standard InChI is InChI=1S/8Mo.26H2O/h;;;;;;;;26*1H2/p+4. The van der Waals surface area contributed by atoms with E-state index < -0.39 is 0 Å². The van der Waals surface area contributed by atoms with E-state index in [9.17, 15) is 0 Å². The quantitative estimate of drug-likeness (QED) is 0.161. The summed E-state index contributed by atoms with van der Waals surface area (Å²) in [5, 5.41) is 0. The zero-order valence-corrected chi connectivity index (χ0v) is 32.6. The fourth-order valence-corrected chi connectivity index (χ4v) is 0. The van der Waals surface area contributed by atoms with Gasteiger partial charge in [-0.3, -0.25) is 0 Å². The van der Waals surface area contributed by atoms with E-state index in [1.165, 1.54) is 0 Å². The van der Waals surface area contributed by atoms with Crippen LogP contribution in [0.1, 0.15) is 0 Å². The predicted molar refractivity (Wildman–Crippen MR) is 99.0 cm³/mol. The molecule has 0 atom stereocenters. The summed E-state index contributed by atoms with van der Waals surface area (Å²) >= 11 is 0. The second kappa shape index (κ2) is 2500. The molecule has 0 saturated carbocycles. The molecule has 56 N–H and O–H groups in total. The smallest absolute Gasteiger partial charge is 0 e. The van der Waals surface area contributed by atoms with Crippen molar-refractivity contribution >= 4 is 0 Å². The van der Waals surface area contributed by atoms with E-state index in [2.05, 4.69) is 0 Å². The van der Waals surface area contributed by atoms with Crippen LogP contribution in [0.3, 0.4) is 0 Å². The van der Waals surface area contributed by atoms with E-state index in [0.717, 1.165) is 0 Å². The van der Waals surface area contributed by atoms with Crippen molar-refractivity contribution in [3.63, 3.8) is 0 Å². The maximum absolute atomic E-state index is 0. The summed E-state index contributed by atoms with van der Waals surface area (Å²) < 4.78 is 0. The monoisotopic (exact) mass is 1260 g/mol. The third-order valence-corrected chi connectivity index (χ3v) is 0. The van der Waals surface area contributed by atoms with Gasteiger partial charge in [-0.05, 0) is 0 Å². The molecule has 0 saturated heterocycles. The molecule has 0 radical (unpaired) electrons. The minimum atomic E-state index is 0. The molecular weight excluding hydrogens is 1180 g/mol. The van der Waals surface area contributed by atoms with Gasteiger partial charge in [0.1, 0.15) is 0 Å². The average Bonchev–Trinajstić information content (AvgIpc) is 0. The Morgan fingerprint density at radius 2 is 0.0882 bits per heavy atom. The molecule has 0 aromatic heterocycles. The van der Waals surface area contributed by atoms with Crippen LogP contribution in [-0.2, 0) is 190 Å². The van der Waals surface area contributed by atoms with Crippen molar-refractivity contribution in [1.82, 2.24) is 0 Å². The van der Waals surface area contributed by atoms with Gasteiger partial charge in [-0.1, -0.05) is 0 Å². The molecule has 0 aromatic carbocycles. The molecule has 0 aliphatic rings. The van der Waals surface area contributed by atoms with Crippen LogP contribution in [0, 0.1) is 0 Å². The topological polar surface area (TPSA) is 825 Å². The molecule has 0 amide bonds. The van der Waals surface area contributed by atoms with Gasteiger partial charge in [0.05, 0.1) is 0 Å². The Labute approximate surface area is 307 Å². The van der Waals surface area contributed by atoms with Gasteiger partial charge in [0.2, 0.25) is 0 Å². The second-order valence-corrected chi connectivity index (χ2v) is 0. The van der Waals surface area contributed by atoms with Crippen molar-refractivity contribution in [2.45, 2.75) is 0 Å². The molecule has 0 aliphatic heterocycles. The van der Waals surface area contributed by atoms with E-state index >= 15 is 0 Å². The SMILES string of the molecule is O.O.O.O.O.O.O.O.O.O.O.O.O.O.O.O.O.O.O.O.O.O.[Mo].[Mo].[Mo].[Mo].[Mo].[Mo].[Mo].[Mo].[OH3+].[OH3+].[OH3+].[OH3+]. The molecule has 0 fully saturated rings. The largest absolute Gasteiger partial charge is 0.457 e. The average molecular weight is 1240 g/mol. The summed E-state index contributed by atoms with van der Waals surface area (Å²) in [7, 11) is 0. The van der Waals surface area contributed by atoms with Crippen LogP contribution >= 0.6 is 0 Å². The normalized spacial score (nSPS) is 0. The van der Waals surface area contributed by atoms with Gasteiger partial charge in [0, 0.05) is 169 Å². The zero-order valence-electron chi connectivity index (χ0n) is 16.6. The van der Waals surface area contributed by atoms with E-state index in [-0.39, 0.29) is 311 Å². The number of rotatable bonds is 0. The zero-order chi connectivity index (χ0) is 0. The van der Waals surface area contributed by atoms with E-state index in [0.29, 0.717) is 0 Å². The fourth-order valence-electron chi connectivity index (χ4n) is 0.